The number of halogens is 3. The summed E-state index contributed by atoms with van der Waals surface area (Å²) in [5.74, 6) is -1.59. The van der Waals surface area contributed by atoms with Crippen LogP contribution in [0, 0.1) is 0 Å². The molecule has 0 fully saturated rings. The fourth-order valence-electron chi connectivity index (χ4n) is 2.14. The molecule has 2 N–H and O–H groups in total. The molecule has 0 aliphatic carbocycles. The van der Waals surface area contributed by atoms with Crippen LogP contribution in [0.1, 0.15) is 20.7 Å². The highest BCUT2D eigenvalue weighted by Crippen LogP contribution is 2.36. The number of ether oxygens (including phenoxy) is 2. The molecule has 0 unspecified atom stereocenters. The van der Waals surface area contributed by atoms with Crippen LogP contribution in [-0.4, -0.2) is 31.2 Å². The van der Waals surface area contributed by atoms with Gasteiger partial charge in [-0.05, 0) is 24.3 Å². The van der Waals surface area contributed by atoms with Gasteiger partial charge in [0.2, 0.25) is 0 Å². The second-order valence-corrected chi connectivity index (χ2v) is 6.02. The molecule has 0 aromatic heterocycles. The molecule has 25 heavy (non-hydrogen) atoms. The number of methoxy groups -OCH3 is 2. The summed E-state index contributed by atoms with van der Waals surface area (Å²) in [4.78, 5) is 23.8. The Balaban J connectivity index is 2.50. The average Bonchev–Trinajstić information content (AvgIpc) is 2.53. The lowest BCUT2D eigenvalue weighted by molar-refractivity contribution is 0.0696. The van der Waals surface area contributed by atoms with Crippen molar-refractivity contribution in [3.05, 3.63) is 50.5 Å². The van der Waals surface area contributed by atoms with E-state index in [1.807, 2.05) is 0 Å². The second kappa shape index (κ2) is 7.82. The normalized spacial score (nSPS) is 10.3. The molecule has 0 atom stereocenters. The van der Waals surface area contributed by atoms with E-state index in [-0.39, 0.29) is 43.4 Å². The molecule has 2 aromatic carbocycles. The Kier molecular flexibility index (Phi) is 6.00. The fourth-order valence-corrected chi connectivity index (χ4v) is 3.01. The number of aromatic carboxylic acids is 1. The lowest BCUT2D eigenvalue weighted by Gasteiger charge is -2.15. The Labute approximate surface area is 158 Å². The van der Waals surface area contributed by atoms with E-state index in [1.165, 1.54) is 38.5 Å². The standard InChI is InChI=1S/C16H12Cl3NO5/c1-24-13-9(5-8(17)6-11(13)19)15(21)20-12-4-7(16(22)23)3-10(18)14(12)25-2/h3-6H,1-2H3,(H,20,21)(H,22,23). The summed E-state index contributed by atoms with van der Waals surface area (Å²) < 4.78 is 10.3. The number of carboxylic acid groups (broad SMARTS) is 1. The minimum atomic E-state index is -1.21. The molecule has 0 radical (unpaired) electrons. The highest BCUT2D eigenvalue weighted by Gasteiger charge is 2.20. The van der Waals surface area contributed by atoms with Gasteiger partial charge in [-0.25, -0.2) is 4.79 Å². The fraction of sp³-hybridized carbons (Fsp3) is 0.125. The minimum absolute atomic E-state index is 0.0359. The summed E-state index contributed by atoms with van der Waals surface area (Å²) >= 11 is 18.0. The van der Waals surface area contributed by atoms with Crippen LogP contribution in [0.2, 0.25) is 15.1 Å². The number of hydrogen-bond acceptors (Lipinski definition) is 4. The van der Waals surface area contributed by atoms with Crippen LogP contribution in [0.5, 0.6) is 11.5 Å². The number of amides is 1. The SMILES string of the molecule is COc1c(Cl)cc(C(=O)O)cc1NC(=O)c1cc(Cl)cc(Cl)c1OC. The number of carboxylic acids is 1. The predicted octanol–water partition coefficient (Wildman–Crippen LogP) is 4.61. The van der Waals surface area contributed by atoms with Gasteiger partial charge >= 0.3 is 5.97 Å². The molecule has 0 saturated carbocycles. The summed E-state index contributed by atoms with van der Waals surface area (Å²) in [7, 11) is 2.70. The second-order valence-electron chi connectivity index (χ2n) is 4.77. The third kappa shape index (κ3) is 4.10. The van der Waals surface area contributed by atoms with Crippen LogP contribution in [-0.2, 0) is 0 Å². The van der Waals surface area contributed by atoms with Crippen molar-refractivity contribution in [2.75, 3.05) is 19.5 Å². The summed E-state index contributed by atoms with van der Waals surface area (Å²) in [5.41, 5.74) is 0.0339. The largest absolute Gasteiger partial charge is 0.494 e. The number of benzene rings is 2. The Bertz CT molecular complexity index is 854. The van der Waals surface area contributed by atoms with E-state index in [1.54, 1.807) is 0 Å². The molecule has 2 rings (SSSR count). The third-order valence-corrected chi connectivity index (χ3v) is 3.98. The molecule has 0 aliphatic rings. The molecular weight excluding hydrogens is 393 g/mol. The van der Waals surface area contributed by atoms with E-state index in [4.69, 9.17) is 49.4 Å². The van der Waals surface area contributed by atoms with Crippen LogP contribution in [0.4, 0.5) is 5.69 Å². The molecule has 2 aromatic rings. The minimum Gasteiger partial charge on any atom is -0.494 e. The average molecular weight is 405 g/mol. The first kappa shape index (κ1) is 19.2. The van der Waals surface area contributed by atoms with Gasteiger partial charge in [-0.2, -0.15) is 0 Å². The van der Waals surface area contributed by atoms with Crippen LogP contribution < -0.4 is 14.8 Å². The van der Waals surface area contributed by atoms with Crippen molar-refractivity contribution in [2.24, 2.45) is 0 Å². The van der Waals surface area contributed by atoms with Crippen LogP contribution >= 0.6 is 34.8 Å². The molecule has 0 heterocycles. The quantitative estimate of drug-likeness (QED) is 0.760. The molecule has 0 spiro atoms. The van der Waals surface area contributed by atoms with Gasteiger partial charge in [0.25, 0.3) is 5.91 Å². The first-order chi connectivity index (χ1) is 11.8. The first-order valence-corrected chi connectivity index (χ1v) is 7.87. The number of hydrogen-bond donors (Lipinski definition) is 2. The lowest BCUT2D eigenvalue weighted by atomic mass is 10.1. The monoisotopic (exact) mass is 403 g/mol. The molecular formula is C16H12Cl3NO5. The first-order valence-electron chi connectivity index (χ1n) is 6.73. The Morgan fingerprint density at radius 2 is 1.56 bits per heavy atom. The van der Waals surface area contributed by atoms with Crippen LogP contribution in [0.3, 0.4) is 0 Å². The number of carbonyl (C=O) groups is 2. The van der Waals surface area contributed by atoms with E-state index in [0.29, 0.717) is 0 Å². The molecule has 9 heteroatoms. The summed E-state index contributed by atoms with van der Waals surface area (Å²) in [5, 5.41) is 12.1. The van der Waals surface area contributed by atoms with Crippen molar-refractivity contribution in [3.8, 4) is 11.5 Å². The maximum Gasteiger partial charge on any atom is 0.335 e. The number of nitrogens with one attached hydrogen (secondary N) is 1. The van der Waals surface area contributed by atoms with Gasteiger partial charge in [0, 0.05) is 5.02 Å². The highest BCUT2D eigenvalue weighted by molar-refractivity contribution is 6.36. The topological polar surface area (TPSA) is 84.9 Å². The third-order valence-electron chi connectivity index (χ3n) is 3.20. The van der Waals surface area contributed by atoms with Crippen molar-refractivity contribution in [1.82, 2.24) is 0 Å². The van der Waals surface area contributed by atoms with E-state index in [2.05, 4.69) is 5.32 Å². The zero-order valence-corrected chi connectivity index (χ0v) is 15.3. The summed E-state index contributed by atoms with van der Waals surface area (Å²) in [6, 6.07) is 5.25. The van der Waals surface area contributed by atoms with Crippen molar-refractivity contribution in [1.29, 1.82) is 0 Å². The number of rotatable bonds is 5. The van der Waals surface area contributed by atoms with Crippen molar-refractivity contribution >= 4 is 52.4 Å². The number of anilines is 1. The molecule has 0 aliphatic heterocycles. The molecule has 0 saturated heterocycles. The molecule has 6 nitrogen and oxygen atoms in total. The van der Waals surface area contributed by atoms with Crippen LogP contribution in [0.15, 0.2) is 24.3 Å². The van der Waals surface area contributed by atoms with Gasteiger partial charge in [-0.15, -0.1) is 0 Å². The van der Waals surface area contributed by atoms with Crippen molar-refractivity contribution < 1.29 is 24.2 Å². The van der Waals surface area contributed by atoms with Gasteiger partial charge in [-0.3, -0.25) is 4.79 Å². The van der Waals surface area contributed by atoms with Crippen LogP contribution in [0.25, 0.3) is 0 Å². The van der Waals surface area contributed by atoms with E-state index >= 15 is 0 Å². The van der Waals surface area contributed by atoms with Gasteiger partial charge < -0.3 is 19.9 Å². The Morgan fingerprint density at radius 1 is 0.960 bits per heavy atom. The maximum atomic E-state index is 12.6. The van der Waals surface area contributed by atoms with E-state index < -0.39 is 11.9 Å². The number of carbonyl (C=O) groups excluding carboxylic acids is 1. The van der Waals surface area contributed by atoms with Crippen molar-refractivity contribution in [2.45, 2.75) is 0 Å². The lowest BCUT2D eigenvalue weighted by Crippen LogP contribution is -2.15. The Hall–Kier alpha value is -2.15. The summed E-state index contributed by atoms with van der Waals surface area (Å²) in [6.07, 6.45) is 0. The molecule has 1 amide bonds. The zero-order chi connectivity index (χ0) is 18.7. The van der Waals surface area contributed by atoms with E-state index in [0.717, 1.165) is 0 Å². The Morgan fingerprint density at radius 3 is 2.12 bits per heavy atom. The summed E-state index contributed by atoms with van der Waals surface area (Å²) in [6.45, 7) is 0. The van der Waals surface area contributed by atoms with Gasteiger partial charge in [-0.1, -0.05) is 34.8 Å². The highest BCUT2D eigenvalue weighted by atomic mass is 35.5. The molecule has 132 valence electrons. The van der Waals surface area contributed by atoms with E-state index in [9.17, 15) is 9.59 Å². The maximum absolute atomic E-state index is 12.6. The van der Waals surface area contributed by atoms with Crippen molar-refractivity contribution in [3.63, 3.8) is 0 Å². The van der Waals surface area contributed by atoms with Gasteiger partial charge in [0.1, 0.15) is 5.75 Å². The molecule has 0 bridgehead atoms. The van der Waals surface area contributed by atoms with Gasteiger partial charge in [0.15, 0.2) is 5.75 Å². The smallest absolute Gasteiger partial charge is 0.335 e. The zero-order valence-electron chi connectivity index (χ0n) is 13.0. The van der Waals surface area contributed by atoms with Gasteiger partial charge in [0.05, 0.1) is 41.1 Å². The predicted molar refractivity (Wildman–Crippen MR) is 95.9 cm³/mol.